The molecule has 1 aliphatic rings. The van der Waals surface area contributed by atoms with E-state index in [2.05, 4.69) is 0 Å². The molecule has 2 N–H and O–H groups in total. The third-order valence-corrected chi connectivity index (χ3v) is 3.83. The Morgan fingerprint density at radius 3 is 2.76 bits per heavy atom. The van der Waals surface area contributed by atoms with Crippen molar-refractivity contribution in [2.45, 2.75) is 17.2 Å². The summed E-state index contributed by atoms with van der Waals surface area (Å²) < 4.78 is 33.2. The fourth-order valence-electron chi connectivity index (χ4n) is 1.97. The van der Waals surface area contributed by atoms with Crippen LogP contribution in [0.25, 0.3) is 0 Å². The Bertz CT molecular complexity index is 506. The summed E-state index contributed by atoms with van der Waals surface area (Å²) in [5, 5.41) is 5.16. The van der Waals surface area contributed by atoms with Gasteiger partial charge >= 0.3 is 0 Å². The van der Waals surface area contributed by atoms with Gasteiger partial charge in [-0.05, 0) is 24.1 Å². The van der Waals surface area contributed by atoms with E-state index in [4.69, 9.17) is 14.6 Å². The number of nitrogens with two attached hydrogens (primary N) is 1. The molecule has 0 saturated carbocycles. The molecular weight excluding hydrogens is 242 g/mol. The molecule has 1 heterocycles. The predicted octanol–water partition coefficient (Wildman–Crippen LogP) is 0.847. The highest BCUT2D eigenvalue weighted by Crippen LogP contribution is 2.30. The van der Waals surface area contributed by atoms with Crippen LogP contribution in [-0.4, -0.2) is 28.7 Å². The summed E-state index contributed by atoms with van der Waals surface area (Å²) >= 11 is 0. The van der Waals surface area contributed by atoms with Crippen molar-refractivity contribution in [2.24, 2.45) is 5.14 Å². The van der Waals surface area contributed by atoms with Crippen molar-refractivity contribution in [2.75, 3.05) is 20.3 Å². The van der Waals surface area contributed by atoms with E-state index in [9.17, 15) is 8.42 Å². The summed E-state index contributed by atoms with van der Waals surface area (Å²) in [5.74, 6) is 0.511. The Kier molecular flexibility index (Phi) is 3.37. The van der Waals surface area contributed by atoms with E-state index < -0.39 is 10.0 Å². The second kappa shape index (κ2) is 4.64. The zero-order valence-electron chi connectivity index (χ0n) is 9.55. The number of primary sulfonamides is 1. The summed E-state index contributed by atoms with van der Waals surface area (Å²) in [4.78, 5) is 0.0319. The van der Waals surface area contributed by atoms with Gasteiger partial charge in [0, 0.05) is 12.5 Å². The first-order valence-corrected chi connectivity index (χ1v) is 6.85. The number of sulfonamides is 1. The van der Waals surface area contributed by atoms with Gasteiger partial charge in [-0.2, -0.15) is 0 Å². The first-order valence-electron chi connectivity index (χ1n) is 5.31. The van der Waals surface area contributed by atoms with Crippen molar-refractivity contribution in [3.8, 4) is 5.75 Å². The van der Waals surface area contributed by atoms with Gasteiger partial charge in [0.2, 0.25) is 10.0 Å². The van der Waals surface area contributed by atoms with Crippen LogP contribution in [0.1, 0.15) is 17.9 Å². The van der Waals surface area contributed by atoms with Gasteiger partial charge in [0.05, 0.1) is 13.7 Å². The lowest BCUT2D eigenvalue weighted by Crippen LogP contribution is -2.14. The van der Waals surface area contributed by atoms with Crippen LogP contribution in [-0.2, 0) is 14.8 Å². The van der Waals surface area contributed by atoms with Crippen LogP contribution in [0.4, 0.5) is 0 Å². The molecule has 17 heavy (non-hydrogen) atoms. The van der Waals surface area contributed by atoms with Crippen molar-refractivity contribution in [1.29, 1.82) is 0 Å². The van der Waals surface area contributed by atoms with Gasteiger partial charge < -0.3 is 9.47 Å². The molecule has 1 atom stereocenters. The number of rotatable bonds is 3. The molecule has 1 fully saturated rings. The first-order chi connectivity index (χ1) is 8.02. The maximum Gasteiger partial charge on any atom is 0.241 e. The van der Waals surface area contributed by atoms with Crippen LogP contribution in [0.3, 0.4) is 0 Å². The number of benzene rings is 1. The SMILES string of the molecule is COc1ccc(C2CCOC2)cc1S(N)(=O)=O. The minimum atomic E-state index is -3.76. The zero-order valence-corrected chi connectivity index (χ0v) is 10.4. The Labute approximate surface area is 101 Å². The van der Waals surface area contributed by atoms with Gasteiger partial charge in [0.1, 0.15) is 10.6 Å². The minimum Gasteiger partial charge on any atom is -0.495 e. The molecule has 0 amide bonds. The van der Waals surface area contributed by atoms with Crippen LogP contribution in [0.2, 0.25) is 0 Å². The van der Waals surface area contributed by atoms with Crippen molar-refractivity contribution in [1.82, 2.24) is 0 Å². The standard InChI is InChI=1S/C11H15NO4S/c1-15-10-3-2-8(9-4-5-16-7-9)6-11(10)17(12,13)14/h2-3,6,9H,4-5,7H2,1H3,(H2,12,13,14). The second-order valence-corrected chi connectivity index (χ2v) is 5.55. The summed E-state index contributed by atoms with van der Waals surface area (Å²) in [6.07, 6.45) is 0.899. The van der Waals surface area contributed by atoms with E-state index in [1.54, 1.807) is 12.1 Å². The average molecular weight is 257 g/mol. The van der Waals surface area contributed by atoms with Gasteiger partial charge in [-0.3, -0.25) is 0 Å². The molecule has 1 aromatic carbocycles. The van der Waals surface area contributed by atoms with Crippen molar-refractivity contribution in [3.63, 3.8) is 0 Å². The highest BCUT2D eigenvalue weighted by Gasteiger charge is 2.22. The van der Waals surface area contributed by atoms with E-state index in [1.165, 1.54) is 7.11 Å². The van der Waals surface area contributed by atoms with Gasteiger partial charge in [-0.15, -0.1) is 0 Å². The Morgan fingerprint density at radius 1 is 1.47 bits per heavy atom. The third kappa shape index (κ3) is 2.59. The molecule has 0 aromatic heterocycles. The second-order valence-electron chi connectivity index (χ2n) is 4.02. The molecule has 1 saturated heterocycles. The van der Waals surface area contributed by atoms with Gasteiger partial charge in [0.15, 0.2) is 0 Å². The third-order valence-electron chi connectivity index (χ3n) is 2.90. The number of methoxy groups -OCH3 is 1. The summed E-state index contributed by atoms with van der Waals surface area (Å²) in [6, 6.07) is 5.06. The summed E-state index contributed by atoms with van der Waals surface area (Å²) in [7, 11) is -2.34. The topological polar surface area (TPSA) is 78.6 Å². The monoisotopic (exact) mass is 257 g/mol. The molecular formula is C11H15NO4S. The van der Waals surface area contributed by atoms with Gasteiger partial charge in [-0.1, -0.05) is 6.07 Å². The Hall–Kier alpha value is -1.11. The number of hydrogen-bond donors (Lipinski definition) is 1. The minimum absolute atomic E-state index is 0.0319. The van der Waals surface area contributed by atoms with Crippen molar-refractivity contribution in [3.05, 3.63) is 23.8 Å². The molecule has 0 aliphatic carbocycles. The molecule has 1 aromatic rings. The van der Waals surface area contributed by atoms with Crippen molar-refractivity contribution < 1.29 is 17.9 Å². The molecule has 0 bridgehead atoms. The largest absolute Gasteiger partial charge is 0.495 e. The fraction of sp³-hybridized carbons (Fsp3) is 0.455. The normalized spacial score (nSPS) is 20.5. The fourth-order valence-corrected chi connectivity index (χ4v) is 2.70. The van der Waals surface area contributed by atoms with E-state index in [0.717, 1.165) is 12.0 Å². The smallest absolute Gasteiger partial charge is 0.241 e. The van der Waals surface area contributed by atoms with Gasteiger partial charge in [-0.25, -0.2) is 13.6 Å². The van der Waals surface area contributed by atoms with Crippen molar-refractivity contribution >= 4 is 10.0 Å². The molecule has 5 nitrogen and oxygen atoms in total. The lowest BCUT2D eigenvalue weighted by molar-refractivity contribution is 0.194. The van der Waals surface area contributed by atoms with E-state index in [1.807, 2.05) is 6.07 Å². The molecule has 0 radical (unpaired) electrons. The van der Waals surface area contributed by atoms with Crippen LogP contribution >= 0.6 is 0 Å². The highest BCUT2D eigenvalue weighted by atomic mass is 32.2. The van der Waals surface area contributed by atoms with Gasteiger partial charge in [0.25, 0.3) is 0 Å². The van der Waals surface area contributed by atoms with Crippen LogP contribution < -0.4 is 9.88 Å². The average Bonchev–Trinajstić information content (AvgIpc) is 2.80. The lowest BCUT2D eigenvalue weighted by atomic mass is 9.99. The summed E-state index contributed by atoms with van der Waals surface area (Å²) in [6.45, 7) is 1.33. The molecule has 6 heteroatoms. The van der Waals surface area contributed by atoms with E-state index >= 15 is 0 Å². The summed E-state index contributed by atoms with van der Waals surface area (Å²) in [5.41, 5.74) is 0.923. The molecule has 1 unspecified atom stereocenters. The van der Waals surface area contributed by atoms with E-state index in [-0.39, 0.29) is 16.6 Å². The van der Waals surface area contributed by atoms with Crippen LogP contribution in [0.15, 0.2) is 23.1 Å². The van der Waals surface area contributed by atoms with E-state index in [0.29, 0.717) is 13.2 Å². The molecule has 2 rings (SSSR count). The lowest BCUT2D eigenvalue weighted by Gasteiger charge is -2.12. The Morgan fingerprint density at radius 2 is 2.24 bits per heavy atom. The Balaban J connectivity index is 2.44. The highest BCUT2D eigenvalue weighted by molar-refractivity contribution is 7.89. The predicted molar refractivity (Wildman–Crippen MR) is 62.5 cm³/mol. The molecule has 94 valence electrons. The quantitative estimate of drug-likeness (QED) is 0.870. The maximum atomic E-state index is 11.4. The van der Waals surface area contributed by atoms with Crippen LogP contribution in [0, 0.1) is 0 Å². The van der Waals surface area contributed by atoms with Crippen LogP contribution in [0.5, 0.6) is 5.75 Å². The number of ether oxygens (including phenoxy) is 2. The number of hydrogen-bond acceptors (Lipinski definition) is 4. The molecule has 0 spiro atoms. The molecule has 1 aliphatic heterocycles. The maximum absolute atomic E-state index is 11.4. The zero-order chi connectivity index (χ0) is 12.5. The first kappa shape index (κ1) is 12.3.